The largest absolute Gasteiger partial charge is 0.100 e. The van der Waals surface area contributed by atoms with Crippen LogP contribution in [0.1, 0.15) is 47.5 Å². The van der Waals surface area contributed by atoms with E-state index in [1.165, 1.54) is 18.4 Å². The molecule has 1 fully saturated rings. The van der Waals surface area contributed by atoms with Gasteiger partial charge in [0.15, 0.2) is 0 Å². The quantitative estimate of drug-likeness (QED) is 0.567. The van der Waals surface area contributed by atoms with Crippen molar-refractivity contribution in [2.75, 3.05) is 0 Å². The van der Waals surface area contributed by atoms with Crippen LogP contribution in [0.2, 0.25) is 0 Å². The summed E-state index contributed by atoms with van der Waals surface area (Å²) < 4.78 is 0. The molecular weight excluding hydrogens is 156 g/mol. The summed E-state index contributed by atoms with van der Waals surface area (Å²) in [5, 5.41) is 0. The molecule has 1 rings (SSSR count). The monoisotopic (exact) mass is 180 g/mol. The number of hydrogen-bond donors (Lipinski definition) is 0. The van der Waals surface area contributed by atoms with Gasteiger partial charge < -0.3 is 0 Å². The molecule has 4 unspecified atom stereocenters. The lowest BCUT2D eigenvalue weighted by Crippen LogP contribution is -2.13. The van der Waals surface area contributed by atoms with Crippen molar-refractivity contribution >= 4 is 0 Å². The Morgan fingerprint density at radius 3 is 2.38 bits per heavy atom. The van der Waals surface area contributed by atoms with Crippen LogP contribution in [-0.4, -0.2) is 0 Å². The number of rotatable bonds is 4. The first kappa shape index (κ1) is 10.8. The average Bonchev–Trinajstić information content (AvgIpc) is 2.55. The van der Waals surface area contributed by atoms with Gasteiger partial charge in [0.2, 0.25) is 0 Å². The lowest BCUT2D eigenvalue weighted by Gasteiger charge is -2.21. The fourth-order valence-corrected chi connectivity index (χ4v) is 3.21. The SMILES string of the molecule is C=C(C)CC(C)C1(C)C(C)C1CC. The molecule has 0 aliphatic heterocycles. The zero-order valence-corrected chi connectivity index (χ0v) is 9.85. The highest BCUT2D eigenvalue weighted by Crippen LogP contribution is 2.65. The van der Waals surface area contributed by atoms with Gasteiger partial charge in [-0.15, -0.1) is 6.58 Å². The predicted molar refractivity (Wildman–Crippen MR) is 59.6 cm³/mol. The fourth-order valence-electron chi connectivity index (χ4n) is 3.21. The molecule has 0 heteroatoms. The molecule has 0 spiro atoms. The molecule has 0 N–H and O–H groups in total. The Bertz CT molecular complexity index is 204. The van der Waals surface area contributed by atoms with Gasteiger partial charge in [-0.1, -0.05) is 39.7 Å². The summed E-state index contributed by atoms with van der Waals surface area (Å²) in [5.74, 6) is 2.69. The van der Waals surface area contributed by atoms with E-state index >= 15 is 0 Å². The maximum atomic E-state index is 4.01. The normalized spacial score (nSPS) is 40.1. The highest BCUT2D eigenvalue weighted by Gasteiger charge is 2.59. The van der Waals surface area contributed by atoms with Gasteiger partial charge in [-0.2, -0.15) is 0 Å². The van der Waals surface area contributed by atoms with Crippen LogP contribution in [0.4, 0.5) is 0 Å². The van der Waals surface area contributed by atoms with Gasteiger partial charge in [-0.25, -0.2) is 0 Å². The maximum absolute atomic E-state index is 4.01. The Balaban J connectivity index is 2.57. The lowest BCUT2D eigenvalue weighted by atomic mass is 9.84. The van der Waals surface area contributed by atoms with Crippen molar-refractivity contribution in [3.63, 3.8) is 0 Å². The van der Waals surface area contributed by atoms with Crippen molar-refractivity contribution in [3.8, 4) is 0 Å². The Morgan fingerprint density at radius 2 is 2.08 bits per heavy atom. The van der Waals surface area contributed by atoms with E-state index in [-0.39, 0.29) is 0 Å². The summed E-state index contributed by atoms with van der Waals surface area (Å²) in [6.45, 7) is 15.7. The third-order valence-corrected chi connectivity index (χ3v) is 4.43. The van der Waals surface area contributed by atoms with E-state index in [4.69, 9.17) is 0 Å². The van der Waals surface area contributed by atoms with Gasteiger partial charge in [-0.05, 0) is 36.5 Å². The van der Waals surface area contributed by atoms with Gasteiger partial charge in [0, 0.05) is 0 Å². The molecule has 0 heterocycles. The van der Waals surface area contributed by atoms with Crippen LogP contribution in [0.15, 0.2) is 12.2 Å². The standard InChI is InChI=1S/C13H24/c1-7-12-11(5)13(12,6)10(4)8-9(2)3/h10-12H,2,7-8H2,1,3-6H3. The molecule has 0 radical (unpaired) electrons. The molecule has 13 heavy (non-hydrogen) atoms. The minimum atomic E-state index is 0.605. The predicted octanol–water partition coefficient (Wildman–Crippen LogP) is 4.27. The van der Waals surface area contributed by atoms with Crippen LogP contribution in [0.25, 0.3) is 0 Å². The molecule has 0 saturated heterocycles. The van der Waals surface area contributed by atoms with Crippen LogP contribution in [-0.2, 0) is 0 Å². The molecule has 0 aromatic heterocycles. The molecule has 0 aromatic carbocycles. The summed E-state index contributed by atoms with van der Waals surface area (Å²) in [4.78, 5) is 0. The number of allylic oxidation sites excluding steroid dienone is 1. The van der Waals surface area contributed by atoms with Crippen molar-refractivity contribution in [3.05, 3.63) is 12.2 Å². The van der Waals surface area contributed by atoms with Crippen molar-refractivity contribution < 1.29 is 0 Å². The van der Waals surface area contributed by atoms with Crippen LogP contribution >= 0.6 is 0 Å². The molecule has 0 bridgehead atoms. The second-order valence-corrected chi connectivity index (χ2v) is 5.23. The molecule has 1 saturated carbocycles. The smallest absolute Gasteiger partial charge is 0.0238 e. The van der Waals surface area contributed by atoms with Crippen molar-refractivity contribution in [2.24, 2.45) is 23.2 Å². The molecular formula is C13H24. The van der Waals surface area contributed by atoms with Gasteiger partial charge >= 0.3 is 0 Å². The van der Waals surface area contributed by atoms with E-state index in [9.17, 15) is 0 Å². The zero-order chi connectivity index (χ0) is 10.2. The molecule has 0 amide bonds. The zero-order valence-electron chi connectivity index (χ0n) is 9.85. The van der Waals surface area contributed by atoms with Crippen molar-refractivity contribution in [2.45, 2.75) is 47.5 Å². The Labute approximate surface area is 83.4 Å². The van der Waals surface area contributed by atoms with E-state index in [0.29, 0.717) is 5.41 Å². The molecule has 1 aliphatic carbocycles. The Hall–Kier alpha value is -0.260. The Kier molecular flexibility index (Phi) is 2.89. The van der Waals surface area contributed by atoms with Crippen molar-refractivity contribution in [1.29, 1.82) is 0 Å². The van der Waals surface area contributed by atoms with Gasteiger partial charge in [0.1, 0.15) is 0 Å². The van der Waals surface area contributed by atoms with Gasteiger partial charge in [0.05, 0.1) is 0 Å². The molecule has 0 aromatic rings. The van der Waals surface area contributed by atoms with Gasteiger partial charge in [0.25, 0.3) is 0 Å². The second-order valence-electron chi connectivity index (χ2n) is 5.23. The Morgan fingerprint density at radius 1 is 1.54 bits per heavy atom. The van der Waals surface area contributed by atoms with E-state index in [0.717, 1.165) is 17.8 Å². The highest BCUT2D eigenvalue weighted by atomic mass is 14.6. The van der Waals surface area contributed by atoms with Crippen LogP contribution < -0.4 is 0 Å². The molecule has 4 atom stereocenters. The first-order valence-corrected chi connectivity index (χ1v) is 5.58. The van der Waals surface area contributed by atoms with Crippen molar-refractivity contribution in [1.82, 2.24) is 0 Å². The molecule has 0 nitrogen and oxygen atoms in total. The average molecular weight is 180 g/mol. The fraction of sp³-hybridized carbons (Fsp3) is 0.846. The number of hydrogen-bond acceptors (Lipinski definition) is 0. The van der Waals surface area contributed by atoms with E-state index in [1.54, 1.807) is 0 Å². The first-order valence-electron chi connectivity index (χ1n) is 5.58. The third-order valence-electron chi connectivity index (χ3n) is 4.43. The van der Waals surface area contributed by atoms with E-state index < -0.39 is 0 Å². The topological polar surface area (TPSA) is 0 Å². The molecule has 1 aliphatic rings. The molecule has 76 valence electrons. The maximum Gasteiger partial charge on any atom is -0.0238 e. The summed E-state index contributed by atoms with van der Waals surface area (Å²) in [5.41, 5.74) is 1.94. The summed E-state index contributed by atoms with van der Waals surface area (Å²) in [7, 11) is 0. The second kappa shape index (κ2) is 3.48. The third kappa shape index (κ3) is 1.68. The summed E-state index contributed by atoms with van der Waals surface area (Å²) in [6.07, 6.45) is 2.55. The van der Waals surface area contributed by atoms with Crippen LogP contribution in [0, 0.1) is 23.2 Å². The van der Waals surface area contributed by atoms with E-state index in [2.05, 4.69) is 41.2 Å². The van der Waals surface area contributed by atoms with Gasteiger partial charge in [-0.3, -0.25) is 0 Å². The lowest BCUT2D eigenvalue weighted by molar-refractivity contribution is 0.311. The first-order chi connectivity index (χ1) is 5.94. The highest BCUT2D eigenvalue weighted by molar-refractivity contribution is 5.09. The summed E-state index contributed by atoms with van der Waals surface area (Å²) >= 11 is 0. The summed E-state index contributed by atoms with van der Waals surface area (Å²) in [6, 6.07) is 0. The minimum Gasteiger partial charge on any atom is -0.100 e. The van der Waals surface area contributed by atoms with E-state index in [1.807, 2.05) is 0 Å². The van der Waals surface area contributed by atoms with Crippen LogP contribution in [0.3, 0.4) is 0 Å². The minimum absolute atomic E-state index is 0.605. The van der Waals surface area contributed by atoms with Crippen LogP contribution in [0.5, 0.6) is 0 Å².